The van der Waals surface area contributed by atoms with E-state index in [1.807, 2.05) is 30.5 Å². The maximum atomic E-state index is 12.0. The first-order chi connectivity index (χ1) is 10.6. The molecular weight excluding hydrogens is 296 g/mol. The minimum atomic E-state index is -0.00752. The molecule has 0 aliphatic heterocycles. The predicted octanol–water partition coefficient (Wildman–Crippen LogP) is 2.92. The molecule has 2 rings (SSSR count). The molecule has 1 atom stereocenters. The van der Waals surface area contributed by atoms with Gasteiger partial charge in [0.05, 0.1) is 0 Å². The summed E-state index contributed by atoms with van der Waals surface area (Å²) in [6.07, 6.45) is 1.32. The zero-order chi connectivity index (χ0) is 15.9. The first-order valence-electron chi connectivity index (χ1n) is 7.58. The van der Waals surface area contributed by atoms with Crippen LogP contribution < -0.4 is 10.2 Å². The van der Waals surface area contributed by atoms with Gasteiger partial charge in [-0.25, -0.2) is 0 Å². The molecule has 1 amide bonds. The molecule has 1 aromatic carbocycles. The highest BCUT2D eigenvalue weighted by Gasteiger charge is 2.11. The van der Waals surface area contributed by atoms with Crippen LogP contribution in [0.25, 0.3) is 0 Å². The summed E-state index contributed by atoms with van der Waals surface area (Å²) >= 11 is 1.18. The molecule has 0 spiro atoms. The van der Waals surface area contributed by atoms with Gasteiger partial charge in [0.25, 0.3) is 0 Å². The molecule has 4 nitrogen and oxygen atoms in total. The lowest BCUT2D eigenvalue weighted by Gasteiger charge is -2.16. The third kappa shape index (κ3) is 4.31. The van der Waals surface area contributed by atoms with E-state index < -0.39 is 0 Å². The standard InChI is InChI=1S/C17H22N2O2S/c1-3-14(15-7-5-4-6-8-15)11-18-16(20)9-10-19-13(2)12-22-17(19)21/h4-8,12,14H,3,9-11H2,1-2H3,(H,18,20). The molecule has 0 radical (unpaired) electrons. The van der Waals surface area contributed by atoms with Gasteiger partial charge in [0.2, 0.25) is 5.91 Å². The molecule has 0 bridgehead atoms. The largest absolute Gasteiger partial charge is 0.355 e. The first-order valence-corrected chi connectivity index (χ1v) is 8.46. The van der Waals surface area contributed by atoms with Crippen molar-refractivity contribution in [2.24, 2.45) is 0 Å². The van der Waals surface area contributed by atoms with Gasteiger partial charge < -0.3 is 9.88 Å². The van der Waals surface area contributed by atoms with Crippen LogP contribution in [0.1, 0.15) is 36.9 Å². The van der Waals surface area contributed by atoms with Crippen LogP contribution in [-0.4, -0.2) is 17.0 Å². The van der Waals surface area contributed by atoms with Crippen molar-refractivity contribution in [2.75, 3.05) is 6.54 Å². The monoisotopic (exact) mass is 318 g/mol. The molecule has 1 N–H and O–H groups in total. The van der Waals surface area contributed by atoms with E-state index in [2.05, 4.69) is 24.4 Å². The molecule has 1 unspecified atom stereocenters. The third-order valence-electron chi connectivity index (χ3n) is 3.85. The fourth-order valence-corrected chi connectivity index (χ4v) is 3.20. The zero-order valence-corrected chi connectivity index (χ0v) is 13.9. The molecule has 0 aliphatic carbocycles. The number of nitrogens with one attached hydrogen (secondary N) is 1. The lowest BCUT2D eigenvalue weighted by molar-refractivity contribution is -0.121. The Morgan fingerprint density at radius 1 is 1.32 bits per heavy atom. The van der Waals surface area contributed by atoms with E-state index in [0.29, 0.717) is 25.4 Å². The second-order valence-electron chi connectivity index (χ2n) is 5.36. The number of hydrogen-bond donors (Lipinski definition) is 1. The Kier molecular flexibility index (Phi) is 5.95. The van der Waals surface area contributed by atoms with Crippen LogP contribution in [0.5, 0.6) is 0 Å². The van der Waals surface area contributed by atoms with E-state index in [1.165, 1.54) is 16.9 Å². The summed E-state index contributed by atoms with van der Waals surface area (Å²) in [5.74, 6) is 0.322. The summed E-state index contributed by atoms with van der Waals surface area (Å²) in [4.78, 5) is 23.6. The van der Waals surface area contributed by atoms with Gasteiger partial charge in [-0.1, -0.05) is 48.6 Å². The van der Waals surface area contributed by atoms with Crippen LogP contribution in [0.3, 0.4) is 0 Å². The lowest BCUT2D eigenvalue weighted by atomic mass is 9.96. The number of carbonyl (C=O) groups is 1. The Balaban J connectivity index is 1.83. The number of thiazole rings is 1. The van der Waals surface area contributed by atoms with Crippen molar-refractivity contribution in [1.29, 1.82) is 0 Å². The molecule has 118 valence electrons. The average molecular weight is 318 g/mol. The number of amides is 1. The Morgan fingerprint density at radius 3 is 2.64 bits per heavy atom. The van der Waals surface area contributed by atoms with Crippen LogP contribution >= 0.6 is 11.3 Å². The second kappa shape index (κ2) is 7.94. The molecule has 0 aliphatic rings. The van der Waals surface area contributed by atoms with Gasteiger partial charge in [0.15, 0.2) is 0 Å². The highest BCUT2D eigenvalue weighted by atomic mass is 32.1. The zero-order valence-electron chi connectivity index (χ0n) is 13.0. The quantitative estimate of drug-likeness (QED) is 0.853. The van der Waals surface area contributed by atoms with Crippen molar-refractivity contribution in [3.8, 4) is 0 Å². The highest BCUT2D eigenvalue weighted by Crippen LogP contribution is 2.17. The van der Waals surface area contributed by atoms with Crippen molar-refractivity contribution in [3.63, 3.8) is 0 Å². The minimum Gasteiger partial charge on any atom is -0.355 e. The summed E-state index contributed by atoms with van der Waals surface area (Å²) in [5.41, 5.74) is 2.16. The van der Waals surface area contributed by atoms with E-state index in [1.54, 1.807) is 4.57 Å². The molecule has 5 heteroatoms. The molecule has 2 aromatic rings. The third-order valence-corrected chi connectivity index (χ3v) is 4.73. The number of rotatable bonds is 7. The molecule has 1 heterocycles. The number of aryl methyl sites for hydroxylation is 1. The smallest absolute Gasteiger partial charge is 0.307 e. The van der Waals surface area contributed by atoms with Crippen LogP contribution in [0.4, 0.5) is 0 Å². The van der Waals surface area contributed by atoms with Crippen molar-refractivity contribution in [2.45, 2.75) is 39.2 Å². The van der Waals surface area contributed by atoms with Crippen molar-refractivity contribution < 1.29 is 4.79 Å². The number of benzene rings is 1. The van der Waals surface area contributed by atoms with Crippen molar-refractivity contribution in [3.05, 3.63) is 56.6 Å². The van der Waals surface area contributed by atoms with E-state index in [0.717, 1.165) is 12.1 Å². The number of hydrogen-bond acceptors (Lipinski definition) is 3. The van der Waals surface area contributed by atoms with Gasteiger partial charge >= 0.3 is 4.87 Å². The Labute approximate surface area is 134 Å². The normalized spacial score (nSPS) is 12.1. The summed E-state index contributed by atoms with van der Waals surface area (Å²) in [6.45, 7) is 5.09. The van der Waals surface area contributed by atoms with Gasteiger partial charge in [-0.2, -0.15) is 0 Å². The molecule has 0 saturated heterocycles. The van der Waals surface area contributed by atoms with E-state index >= 15 is 0 Å². The van der Waals surface area contributed by atoms with Gasteiger partial charge in [-0.05, 0) is 18.9 Å². The average Bonchev–Trinajstić information content (AvgIpc) is 2.85. The van der Waals surface area contributed by atoms with Crippen LogP contribution in [0.2, 0.25) is 0 Å². The highest BCUT2D eigenvalue weighted by molar-refractivity contribution is 7.07. The van der Waals surface area contributed by atoms with E-state index in [4.69, 9.17) is 0 Å². The number of carbonyl (C=O) groups excluding carboxylic acids is 1. The topological polar surface area (TPSA) is 51.1 Å². The van der Waals surface area contributed by atoms with Crippen LogP contribution in [-0.2, 0) is 11.3 Å². The maximum absolute atomic E-state index is 12.0. The number of aromatic nitrogens is 1. The maximum Gasteiger partial charge on any atom is 0.307 e. The van der Waals surface area contributed by atoms with Gasteiger partial charge in [0.1, 0.15) is 0 Å². The van der Waals surface area contributed by atoms with Crippen molar-refractivity contribution in [1.82, 2.24) is 9.88 Å². The fraction of sp³-hybridized carbons (Fsp3) is 0.412. The SMILES string of the molecule is CCC(CNC(=O)CCn1c(C)csc1=O)c1ccccc1. The Hall–Kier alpha value is -1.88. The van der Waals surface area contributed by atoms with Gasteiger partial charge in [-0.3, -0.25) is 9.59 Å². The summed E-state index contributed by atoms with van der Waals surface area (Å²) in [7, 11) is 0. The molecule has 1 aromatic heterocycles. The summed E-state index contributed by atoms with van der Waals surface area (Å²) in [6, 6.07) is 10.2. The molecule has 22 heavy (non-hydrogen) atoms. The Morgan fingerprint density at radius 2 is 2.05 bits per heavy atom. The molecule has 0 saturated carbocycles. The second-order valence-corrected chi connectivity index (χ2v) is 6.19. The molecule has 0 fully saturated rings. The van der Waals surface area contributed by atoms with Gasteiger partial charge in [0, 0.05) is 36.5 Å². The fourth-order valence-electron chi connectivity index (χ4n) is 2.44. The predicted molar refractivity (Wildman–Crippen MR) is 90.4 cm³/mol. The first kappa shape index (κ1) is 16.5. The Bertz CT molecular complexity index is 661. The van der Waals surface area contributed by atoms with Crippen molar-refractivity contribution >= 4 is 17.2 Å². The minimum absolute atomic E-state index is 0.000945. The van der Waals surface area contributed by atoms with Gasteiger partial charge in [-0.15, -0.1) is 0 Å². The van der Waals surface area contributed by atoms with E-state index in [-0.39, 0.29) is 10.8 Å². The summed E-state index contributed by atoms with van der Waals surface area (Å²) < 4.78 is 1.65. The lowest BCUT2D eigenvalue weighted by Crippen LogP contribution is -2.30. The summed E-state index contributed by atoms with van der Waals surface area (Å²) in [5, 5.41) is 4.80. The van der Waals surface area contributed by atoms with Crippen LogP contribution in [0.15, 0.2) is 40.5 Å². The van der Waals surface area contributed by atoms with E-state index in [9.17, 15) is 9.59 Å². The number of nitrogens with zero attached hydrogens (tertiary/aromatic N) is 1. The van der Waals surface area contributed by atoms with Crippen LogP contribution in [0, 0.1) is 6.92 Å². The molecular formula is C17H22N2O2S.